The van der Waals surface area contributed by atoms with E-state index in [0.29, 0.717) is 43.2 Å². The highest BCUT2D eigenvalue weighted by atomic mass is 35.5. The number of Topliss-reactive ketones (excluding diaryl/α,β-unsaturated/α-hetero) is 2. The number of ketones is 2. The maximum Gasteiger partial charge on any atom is 0.246 e. The molecule has 3 amide bonds. The van der Waals surface area contributed by atoms with Crippen LogP contribution in [0.5, 0.6) is 0 Å². The number of benzene rings is 1. The number of amides is 3. The lowest BCUT2D eigenvalue weighted by molar-refractivity contribution is -0.145. The second-order valence-corrected chi connectivity index (χ2v) is 16.4. The fourth-order valence-corrected chi connectivity index (χ4v) is 7.95. The molecule has 11 nitrogen and oxygen atoms in total. The van der Waals surface area contributed by atoms with Crippen molar-refractivity contribution in [3.8, 4) is 0 Å². The molecule has 0 bridgehead atoms. The number of hydrogen-bond acceptors (Lipinski definition) is 8. The first-order chi connectivity index (χ1) is 23.2. The molecule has 5 aliphatic rings. The van der Waals surface area contributed by atoms with Gasteiger partial charge >= 0.3 is 0 Å². The third kappa shape index (κ3) is 7.72. The molecule has 3 aliphatic heterocycles. The van der Waals surface area contributed by atoms with E-state index in [0.717, 1.165) is 37.7 Å². The first kappa shape index (κ1) is 35.5. The minimum absolute atomic E-state index is 0.0532. The van der Waals surface area contributed by atoms with Gasteiger partial charge in [0.25, 0.3) is 0 Å². The van der Waals surface area contributed by atoms with Crippen molar-refractivity contribution >= 4 is 46.6 Å². The number of rotatable bonds is 12. The van der Waals surface area contributed by atoms with Gasteiger partial charge in [0.05, 0.1) is 18.3 Å². The van der Waals surface area contributed by atoms with E-state index in [1.807, 2.05) is 39.8 Å². The summed E-state index contributed by atoms with van der Waals surface area (Å²) in [5.41, 5.74) is -0.328. The van der Waals surface area contributed by atoms with Crippen molar-refractivity contribution in [3.63, 3.8) is 0 Å². The van der Waals surface area contributed by atoms with Crippen molar-refractivity contribution in [3.05, 3.63) is 34.9 Å². The standard InChI is InChI=1S/C37H49ClN4O7/c1-5-7-26(30(44)29(43)16-22-10-11-22)39-33(46)28-20-37(19-27(41-49-37)23-8-6-9-24(38)17-23)21-42(28)34(47)31(35(2,3)4)40-32(45)25-18-36(25)12-14-48-15-13-36/h6,8-9,17,22,25-26,28,31H,5,7,10-16,18-21H2,1-4H3,(H,39,46)(H,40,45)/t25-,26-,28-,31+,37+/m0/s1. The number of nitrogens with zero attached hydrogens (tertiary/aromatic N) is 2. The maximum atomic E-state index is 14.7. The number of nitrogens with one attached hydrogen (secondary N) is 2. The number of ether oxygens (including phenoxy) is 1. The van der Waals surface area contributed by atoms with Crippen LogP contribution in [0.3, 0.4) is 0 Å². The highest BCUT2D eigenvalue weighted by molar-refractivity contribution is 6.39. The molecule has 266 valence electrons. The zero-order valence-electron chi connectivity index (χ0n) is 29.0. The van der Waals surface area contributed by atoms with E-state index in [9.17, 15) is 24.0 Å². The minimum Gasteiger partial charge on any atom is -0.387 e. The summed E-state index contributed by atoms with van der Waals surface area (Å²) in [6, 6.07) is 4.33. The number of likely N-dealkylation sites (tertiary alicyclic amines) is 1. The zero-order valence-corrected chi connectivity index (χ0v) is 29.8. The fourth-order valence-electron chi connectivity index (χ4n) is 7.76. The Hall–Kier alpha value is -3.31. The molecule has 4 fully saturated rings. The van der Waals surface area contributed by atoms with Crippen molar-refractivity contribution in [2.75, 3.05) is 19.8 Å². The van der Waals surface area contributed by atoms with Gasteiger partial charge < -0.3 is 25.1 Å². The van der Waals surface area contributed by atoms with Crippen LogP contribution >= 0.6 is 11.6 Å². The Kier molecular flexibility index (Phi) is 9.98. The Morgan fingerprint density at radius 2 is 1.80 bits per heavy atom. The molecule has 6 rings (SSSR count). The van der Waals surface area contributed by atoms with Gasteiger partial charge in [0, 0.05) is 49.0 Å². The van der Waals surface area contributed by atoms with E-state index < -0.39 is 52.5 Å². The van der Waals surface area contributed by atoms with Crippen LogP contribution in [0.1, 0.15) is 97.5 Å². The van der Waals surface area contributed by atoms with Gasteiger partial charge in [0.15, 0.2) is 5.60 Å². The lowest BCUT2D eigenvalue weighted by Crippen LogP contribution is -2.59. The SMILES string of the molecule is CCC[C@H](NC(=O)[C@@H]1C[C@]2(CC(c3cccc(Cl)c3)=NO2)CN1C(=O)[C@@H](NC(=O)[C@@H]1CC12CCOCC2)C(C)(C)C)C(=O)C(=O)CC1CC1. The van der Waals surface area contributed by atoms with Crippen molar-refractivity contribution in [1.82, 2.24) is 15.5 Å². The van der Waals surface area contributed by atoms with E-state index in [1.54, 1.807) is 12.1 Å². The highest BCUT2D eigenvalue weighted by Gasteiger charge is 2.60. The van der Waals surface area contributed by atoms with Crippen LogP contribution in [-0.2, 0) is 33.5 Å². The topological polar surface area (TPSA) is 143 Å². The molecule has 0 radical (unpaired) electrons. The first-order valence-corrected chi connectivity index (χ1v) is 18.2. The Bertz CT molecular complexity index is 1530. The van der Waals surface area contributed by atoms with Crippen LogP contribution in [0.25, 0.3) is 0 Å². The summed E-state index contributed by atoms with van der Waals surface area (Å²) in [5.74, 6) is -2.08. The molecule has 12 heteroatoms. The van der Waals surface area contributed by atoms with Gasteiger partial charge in [0.2, 0.25) is 29.3 Å². The molecule has 3 heterocycles. The van der Waals surface area contributed by atoms with Gasteiger partial charge in [-0.25, -0.2) is 0 Å². The van der Waals surface area contributed by atoms with E-state index in [2.05, 4.69) is 15.8 Å². The minimum atomic E-state index is -1.02. The average Bonchev–Trinajstić information content (AvgIpc) is 3.93. The smallest absolute Gasteiger partial charge is 0.246 e. The van der Waals surface area contributed by atoms with Gasteiger partial charge in [-0.1, -0.05) is 63.0 Å². The Labute approximate surface area is 293 Å². The molecule has 2 saturated heterocycles. The predicted molar refractivity (Wildman–Crippen MR) is 183 cm³/mol. The van der Waals surface area contributed by atoms with Crippen molar-refractivity contribution < 1.29 is 33.5 Å². The van der Waals surface area contributed by atoms with Gasteiger partial charge in [0.1, 0.15) is 12.1 Å². The van der Waals surface area contributed by atoms with Crippen LogP contribution in [0.15, 0.2) is 29.4 Å². The van der Waals surface area contributed by atoms with E-state index in [-0.39, 0.29) is 42.5 Å². The number of carbonyl (C=O) groups is 5. The highest BCUT2D eigenvalue weighted by Crippen LogP contribution is 2.59. The lowest BCUT2D eigenvalue weighted by atomic mass is 9.85. The Balaban J connectivity index is 1.24. The molecular formula is C37H49ClN4O7. The third-order valence-electron chi connectivity index (χ3n) is 11.0. The molecule has 1 aromatic carbocycles. The van der Waals surface area contributed by atoms with Gasteiger partial charge in [-0.15, -0.1) is 0 Å². The lowest BCUT2D eigenvalue weighted by Gasteiger charge is -2.36. The average molecular weight is 697 g/mol. The molecule has 2 spiro atoms. The monoisotopic (exact) mass is 696 g/mol. The van der Waals surface area contributed by atoms with Crippen LogP contribution in [0.4, 0.5) is 0 Å². The second-order valence-electron chi connectivity index (χ2n) is 16.0. The Morgan fingerprint density at radius 1 is 1.06 bits per heavy atom. The van der Waals surface area contributed by atoms with Crippen LogP contribution in [0.2, 0.25) is 5.02 Å². The predicted octanol–water partition coefficient (Wildman–Crippen LogP) is 4.37. The molecule has 0 unspecified atom stereocenters. The summed E-state index contributed by atoms with van der Waals surface area (Å²) in [5, 5.41) is 10.9. The van der Waals surface area contributed by atoms with E-state index in [4.69, 9.17) is 21.2 Å². The van der Waals surface area contributed by atoms with Crippen LogP contribution < -0.4 is 10.6 Å². The normalized spacial score (nSPS) is 26.9. The molecule has 5 atom stereocenters. The summed E-state index contributed by atoms with van der Waals surface area (Å²) in [6.07, 6.45) is 5.83. The van der Waals surface area contributed by atoms with Crippen LogP contribution in [-0.4, -0.2) is 83.4 Å². The van der Waals surface area contributed by atoms with Crippen molar-refractivity contribution in [2.45, 2.75) is 116 Å². The van der Waals surface area contributed by atoms with E-state index >= 15 is 0 Å². The summed E-state index contributed by atoms with van der Waals surface area (Å²) < 4.78 is 5.53. The molecule has 0 aromatic heterocycles. The van der Waals surface area contributed by atoms with Gasteiger partial charge in [-0.05, 0) is 67.4 Å². The Morgan fingerprint density at radius 3 is 2.45 bits per heavy atom. The number of carbonyl (C=O) groups excluding carboxylic acids is 5. The summed E-state index contributed by atoms with van der Waals surface area (Å²) >= 11 is 6.26. The number of oxime groups is 1. The van der Waals surface area contributed by atoms with Gasteiger partial charge in [-0.3, -0.25) is 24.0 Å². The first-order valence-electron chi connectivity index (χ1n) is 17.8. The quantitative estimate of drug-likeness (QED) is 0.309. The van der Waals surface area contributed by atoms with Crippen molar-refractivity contribution in [2.24, 2.45) is 27.8 Å². The molecule has 49 heavy (non-hydrogen) atoms. The number of hydrogen-bond donors (Lipinski definition) is 2. The largest absolute Gasteiger partial charge is 0.387 e. The van der Waals surface area contributed by atoms with Crippen molar-refractivity contribution in [1.29, 1.82) is 0 Å². The second kappa shape index (κ2) is 13.8. The molecule has 2 aliphatic carbocycles. The summed E-state index contributed by atoms with van der Waals surface area (Å²) in [6.45, 7) is 8.87. The molecule has 2 saturated carbocycles. The molecule has 1 aromatic rings. The third-order valence-corrected chi connectivity index (χ3v) is 11.3. The van der Waals surface area contributed by atoms with Gasteiger partial charge in [-0.2, -0.15) is 0 Å². The zero-order chi connectivity index (χ0) is 35.1. The number of halogens is 1. The fraction of sp³-hybridized carbons (Fsp3) is 0.676. The van der Waals surface area contributed by atoms with E-state index in [1.165, 1.54) is 4.90 Å². The summed E-state index contributed by atoms with van der Waals surface area (Å²) in [7, 11) is 0. The summed E-state index contributed by atoms with van der Waals surface area (Å²) in [4.78, 5) is 76.1. The molecular weight excluding hydrogens is 648 g/mol. The maximum absolute atomic E-state index is 14.7. The molecule has 2 N–H and O–H groups in total. The van der Waals surface area contributed by atoms with Crippen LogP contribution in [0, 0.1) is 22.7 Å².